The van der Waals surface area contributed by atoms with Gasteiger partial charge in [-0.2, -0.15) is 0 Å². The second kappa shape index (κ2) is 5.99. The minimum Gasteiger partial charge on any atom is -0.231 e. The Morgan fingerprint density at radius 1 is 0.833 bits per heavy atom. The van der Waals surface area contributed by atoms with Gasteiger partial charge in [0, 0.05) is 21.6 Å². The molecule has 1 atom stereocenters. The van der Waals surface area contributed by atoms with E-state index in [2.05, 4.69) is 69.3 Å². The summed E-state index contributed by atoms with van der Waals surface area (Å²) in [4.78, 5) is 9.96. The van der Waals surface area contributed by atoms with Gasteiger partial charge in [0.05, 0.1) is 15.9 Å². The highest BCUT2D eigenvalue weighted by Gasteiger charge is 2.19. The van der Waals surface area contributed by atoms with Crippen molar-refractivity contribution >= 4 is 31.6 Å². The third-order valence-corrected chi connectivity index (χ3v) is 5.86. The molecule has 4 aromatic rings. The first-order valence-electron chi connectivity index (χ1n) is 8.39. The number of hydrogen-bond acceptors (Lipinski definition) is 3. The largest absolute Gasteiger partial charge is 0.231 e. The molecule has 0 amide bonds. The highest BCUT2D eigenvalue weighted by atomic mass is 32.1. The van der Waals surface area contributed by atoms with Crippen LogP contribution in [0.15, 0.2) is 54.6 Å². The monoisotopic (exact) mass is 332 g/mol. The highest BCUT2D eigenvalue weighted by Crippen LogP contribution is 2.39. The summed E-state index contributed by atoms with van der Waals surface area (Å²) in [5.41, 5.74) is 3.31. The summed E-state index contributed by atoms with van der Waals surface area (Å²) in [7, 11) is 0. The predicted octanol–water partition coefficient (Wildman–Crippen LogP) is 6.27. The van der Waals surface area contributed by atoms with Gasteiger partial charge in [-0.25, -0.2) is 9.97 Å². The molecule has 0 saturated heterocycles. The van der Waals surface area contributed by atoms with Crippen molar-refractivity contribution in [3.8, 4) is 11.3 Å². The van der Waals surface area contributed by atoms with Gasteiger partial charge in [-0.05, 0) is 12.0 Å². The van der Waals surface area contributed by atoms with Crippen LogP contribution in [0.4, 0.5) is 0 Å². The van der Waals surface area contributed by atoms with Gasteiger partial charge in [0.25, 0.3) is 0 Å². The summed E-state index contributed by atoms with van der Waals surface area (Å²) in [6.45, 7) is 6.67. The van der Waals surface area contributed by atoms with Crippen LogP contribution in [-0.4, -0.2) is 9.97 Å². The molecule has 120 valence electrons. The van der Waals surface area contributed by atoms with Gasteiger partial charge >= 0.3 is 0 Å². The minimum absolute atomic E-state index is 0.329. The van der Waals surface area contributed by atoms with Crippen molar-refractivity contribution in [2.45, 2.75) is 26.7 Å². The third kappa shape index (κ3) is 2.49. The molecule has 2 nitrogen and oxygen atoms in total. The molecule has 0 bridgehead atoms. The molecule has 0 N–H and O–H groups in total. The minimum atomic E-state index is 0.329. The van der Waals surface area contributed by atoms with Crippen LogP contribution in [0.25, 0.3) is 31.6 Å². The van der Waals surface area contributed by atoms with E-state index in [0.717, 1.165) is 22.6 Å². The molecule has 0 saturated carbocycles. The van der Waals surface area contributed by atoms with Crippen molar-refractivity contribution in [1.29, 1.82) is 0 Å². The smallest absolute Gasteiger partial charge is 0.132 e. The van der Waals surface area contributed by atoms with E-state index in [1.165, 1.54) is 14.8 Å². The van der Waals surface area contributed by atoms with Crippen molar-refractivity contribution in [2.24, 2.45) is 5.92 Å². The van der Waals surface area contributed by atoms with E-state index in [9.17, 15) is 0 Å². The van der Waals surface area contributed by atoms with Crippen molar-refractivity contribution in [1.82, 2.24) is 9.97 Å². The van der Waals surface area contributed by atoms with E-state index in [0.29, 0.717) is 11.8 Å². The summed E-state index contributed by atoms with van der Waals surface area (Å²) < 4.78 is 2.45. The normalized spacial score (nSPS) is 13.0. The Hall–Kier alpha value is -2.26. The molecule has 2 heterocycles. The Balaban J connectivity index is 2.08. The quantitative estimate of drug-likeness (QED) is 0.442. The molecular weight excluding hydrogens is 312 g/mol. The van der Waals surface area contributed by atoms with E-state index in [-0.39, 0.29) is 0 Å². The summed E-state index contributed by atoms with van der Waals surface area (Å²) in [5.74, 6) is 1.78. The van der Waals surface area contributed by atoms with Crippen LogP contribution in [0.1, 0.15) is 32.5 Å². The fourth-order valence-corrected chi connectivity index (χ4v) is 4.06. The fraction of sp³-hybridized carbons (Fsp3) is 0.238. The van der Waals surface area contributed by atoms with Gasteiger partial charge in [0.2, 0.25) is 0 Å². The number of thiophene rings is 1. The second-order valence-electron chi connectivity index (χ2n) is 6.61. The van der Waals surface area contributed by atoms with E-state index >= 15 is 0 Å². The summed E-state index contributed by atoms with van der Waals surface area (Å²) in [6, 6.07) is 19.0. The number of benzene rings is 2. The van der Waals surface area contributed by atoms with E-state index < -0.39 is 0 Å². The molecule has 0 aliphatic heterocycles. The standard InChI is InChI=1S/C21H20N2S/c1-13(2)14(3)21-22-18(15-9-5-4-6-10-15)20-19(23-21)16-11-7-8-12-17(16)24-20/h4-14H,1-3H3. The predicted molar refractivity (Wildman–Crippen MR) is 104 cm³/mol. The van der Waals surface area contributed by atoms with Gasteiger partial charge in [0.1, 0.15) is 5.82 Å². The highest BCUT2D eigenvalue weighted by molar-refractivity contribution is 7.26. The molecule has 3 heteroatoms. The maximum absolute atomic E-state index is 4.99. The second-order valence-corrected chi connectivity index (χ2v) is 7.66. The first-order chi connectivity index (χ1) is 11.6. The first-order valence-corrected chi connectivity index (χ1v) is 9.21. The molecule has 0 aliphatic carbocycles. The van der Waals surface area contributed by atoms with Crippen LogP contribution in [0.2, 0.25) is 0 Å². The van der Waals surface area contributed by atoms with Gasteiger partial charge in [0.15, 0.2) is 0 Å². The summed E-state index contributed by atoms with van der Waals surface area (Å²) in [5, 5.41) is 1.23. The number of aromatic nitrogens is 2. The zero-order valence-corrected chi connectivity index (χ0v) is 15.0. The Morgan fingerprint density at radius 2 is 1.54 bits per heavy atom. The number of rotatable bonds is 3. The average molecular weight is 332 g/mol. The molecule has 4 rings (SSSR count). The molecular formula is C21H20N2S. The number of nitrogens with zero attached hydrogens (tertiary/aromatic N) is 2. The van der Waals surface area contributed by atoms with Crippen molar-refractivity contribution < 1.29 is 0 Å². The lowest BCUT2D eigenvalue weighted by atomic mass is 9.97. The Kier molecular flexibility index (Phi) is 3.81. The lowest BCUT2D eigenvalue weighted by molar-refractivity contribution is 0.512. The van der Waals surface area contributed by atoms with Crippen LogP contribution in [0.5, 0.6) is 0 Å². The number of fused-ring (bicyclic) bond motifs is 3. The third-order valence-electron chi connectivity index (χ3n) is 4.69. The van der Waals surface area contributed by atoms with Gasteiger partial charge < -0.3 is 0 Å². The van der Waals surface area contributed by atoms with Crippen molar-refractivity contribution in [2.75, 3.05) is 0 Å². The van der Waals surface area contributed by atoms with Gasteiger partial charge in [-0.15, -0.1) is 11.3 Å². The zero-order chi connectivity index (χ0) is 16.7. The molecule has 2 aromatic carbocycles. The summed E-state index contributed by atoms with van der Waals surface area (Å²) in [6.07, 6.45) is 0. The molecule has 0 fully saturated rings. The molecule has 24 heavy (non-hydrogen) atoms. The Bertz CT molecular complexity index is 1000. The van der Waals surface area contributed by atoms with Crippen molar-refractivity contribution in [3.63, 3.8) is 0 Å². The van der Waals surface area contributed by atoms with Crippen LogP contribution < -0.4 is 0 Å². The lowest BCUT2D eigenvalue weighted by Gasteiger charge is -2.15. The van der Waals surface area contributed by atoms with Crippen LogP contribution in [0, 0.1) is 5.92 Å². The lowest BCUT2D eigenvalue weighted by Crippen LogP contribution is -2.08. The van der Waals surface area contributed by atoms with E-state index in [1.54, 1.807) is 11.3 Å². The van der Waals surface area contributed by atoms with Crippen LogP contribution >= 0.6 is 11.3 Å². The van der Waals surface area contributed by atoms with Gasteiger partial charge in [-0.3, -0.25) is 0 Å². The first kappa shape index (κ1) is 15.3. The molecule has 0 aliphatic rings. The maximum atomic E-state index is 4.99. The molecule has 1 unspecified atom stereocenters. The summed E-state index contributed by atoms with van der Waals surface area (Å²) >= 11 is 1.79. The molecule has 0 radical (unpaired) electrons. The zero-order valence-electron chi connectivity index (χ0n) is 14.2. The van der Waals surface area contributed by atoms with Crippen molar-refractivity contribution in [3.05, 3.63) is 60.4 Å². The molecule has 2 aromatic heterocycles. The maximum Gasteiger partial charge on any atom is 0.132 e. The average Bonchev–Trinajstić information content (AvgIpc) is 2.99. The van der Waals surface area contributed by atoms with Crippen LogP contribution in [0.3, 0.4) is 0 Å². The van der Waals surface area contributed by atoms with E-state index in [4.69, 9.17) is 9.97 Å². The fourth-order valence-electron chi connectivity index (χ4n) is 2.90. The number of hydrogen-bond donors (Lipinski definition) is 0. The van der Waals surface area contributed by atoms with E-state index in [1.807, 2.05) is 6.07 Å². The Labute approximate surface area is 146 Å². The molecule has 0 spiro atoms. The topological polar surface area (TPSA) is 25.8 Å². The SMILES string of the molecule is CC(C)C(C)c1nc(-c2ccccc2)c2sc3ccccc3c2n1. The van der Waals surface area contributed by atoms with Gasteiger partial charge in [-0.1, -0.05) is 69.3 Å². The van der Waals surface area contributed by atoms with Crippen LogP contribution in [-0.2, 0) is 0 Å². The Morgan fingerprint density at radius 3 is 2.29 bits per heavy atom.